The van der Waals surface area contributed by atoms with Crippen molar-refractivity contribution in [2.24, 2.45) is 0 Å². The van der Waals surface area contributed by atoms with Crippen LogP contribution < -0.4 is 10.6 Å². The molecule has 0 radical (unpaired) electrons. The normalized spacial score (nSPS) is 10.9. The molecule has 22 heavy (non-hydrogen) atoms. The smallest absolute Gasteiger partial charge is 0.263 e. The molecule has 0 aliphatic heterocycles. The number of hydrogen-bond donors (Lipinski definition) is 2. The lowest BCUT2D eigenvalue weighted by Crippen LogP contribution is -2.27. The fourth-order valence-corrected chi connectivity index (χ4v) is 1.86. The van der Waals surface area contributed by atoms with Crippen LogP contribution in [0.25, 0.3) is 0 Å². The number of nitrogens with one attached hydrogen (secondary N) is 2. The molecule has 5 heteroatoms. The summed E-state index contributed by atoms with van der Waals surface area (Å²) < 4.78 is 5.18. The second-order valence-corrected chi connectivity index (χ2v) is 4.85. The predicted octanol–water partition coefficient (Wildman–Crippen LogP) is 2.03. The van der Waals surface area contributed by atoms with Gasteiger partial charge in [0.15, 0.2) is 0 Å². The lowest BCUT2D eigenvalue weighted by molar-refractivity contribution is -0.117. The summed E-state index contributed by atoms with van der Waals surface area (Å²) in [6, 6.07) is 9.96. The average Bonchev–Trinajstić information content (AvgIpc) is 2.51. The van der Waals surface area contributed by atoms with E-state index in [1.807, 2.05) is 38.1 Å². The van der Waals surface area contributed by atoms with Crippen LogP contribution in [0.15, 0.2) is 36.0 Å². The molecule has 0 atom stereocenters. The van der Waals surface area contributed by atoms with E-state index in [0.717, 1.165) is 12.0 Å². The quantitative estimate of drug-likeness (QED) is 0.416. The van der Waals surface area contributed by atoms with E-state index in [-0.39, 0.29) is 11.5 Å². The largest absolute Gasteiger partial charge is 0.386 e. The molecule has 1 rings (SSSR count). The van der Waals surface area contributed by atoms with Crippen LogP contribution in [0, 0.1) is 18.3 Å². The van der Waals surface area contributed by atoms with E-state index in [4.69, 9.17) is 10.00 Å². The number of aryl methyl sites for hydroxylation is 1. The number of hydrogen-bond acceptors (Lipinski definition) is 4. The molecular weight excluding hydrogens is 278 g/mol. The SMILES string of the molecule is CCOCCCNC(=O)/C(C#N)=C\NCc1cccc(C)c1. The molecule has 0 aromatic heterocycles. The highest BCUT2D eigenvalue weighted by Gasteiger charge is 2.07. The molecule has 118 valence electrons. The monoisotopic (exact) mass is 301 g/mol. The van der Waals surface area contributed by atoms with Crippen LogP contribution in [0.1, 0.15) is 24.5 Å². The van der Waals surface area contributed by atoms with Crippen molar-refractivity contribution in [3.05, 3.63) is 47.2 Å². The molecule has 0 aliphatic carbocycles. The van der Waals surface area contributed by atoms with Gasteiger partial charge in [-0.2, -0.15) is 5.26 Å². The van der Waals surface area contributed by atoms with E-state index in [2.05, 4.69) is 16.7 Å². The van der Waals surface area contributed by atoms with Crippen molar-refractivity contribution < 1.29 is 9.53 Å². The van der Waals surface area contributed by atoms with Gasteiger partial charge in [-0.3, -0.25) is 4.79 Å². The number of carbonyl (C=O) groups is 1. The lowest BCUT2D eigenvalue weighted by atomic mass is 10.1. The molecule has 0 spiro atoms. The van der Waals surface area contributed by atoms with Crippen molar-refractivity contribution >= 4 is 5.91 Å². The molecule has 1 amide bonds. The Morgan fingerprint density at radius 1 is 1.45 bits per heavy atom. The van der Waals surface area contributed by atoms with Gasteiger partial charge in [0.05, 0.1) is 0 Å². The van der Waals surface area contributed by atoms with Gasteiger partial charge in [-0.1, -0.05) is 29.8 Å². The van der Waals surface area contributed by atoms with E-state index in [1.165, 1.54) is 11.8 Å². The van der Waals surface area contributed by atoms with Crippen molar-refractivity contribution in [1.29, 1.82) is 5.26 Å². The second-order valence-electron chi connectivity index (χ2n) is 4.85. The topological polar surface area (TPSA) is 74.1 Å². The van der Waals surface area contributed by atoms with Gasteiger partial charge < -0.3 is 15.4 Å². The maximum absolute atomic E-state index is 11.8. The Morgan fingerprint density at radius 2 is 2.27 bits per heavy atom. The van der Waals surface area contributed by atoms with Crippen LogP contribution in [0.4, 0.5) is 0 Å². The highest BCUT2D eigenvalue weighted by molar-refractivity contribution is 5.97. The summed E-state index contributed by atoms with van der Waals surface area (Å²) in [7, 11) is 0. The van der Waals surface area contributed by atoms with Crippen molar-refractivity contribution in [3.63, 3.8) is 0 Å². The molecule has 0 saturated carbocycles. The zero-order valence-electron chi connectivity index (χ0n) is 13.2. The van der Waals surface area contributed by atoms with Crippen LogP contribution in [0.5, 0.6) is 0 Å². The summed E-state index contributed by atoms with van der Waals surface area (Å²) in [5.74, 6) is -0.365. The Morgan fingerprint density at radius 3 is 2.95 bits per heavy atom. The number of carbonyl (C=O) groups excluding carboxylic acids is 1. The summed E-state index contributed by atoms with van der Waals surface area (Å²) in [6.07, 6.45) is 2.19. The molecule has 0 bridgehead atoms. The number of nitriles is 1. The molecule has 0 aliphatic rings. The summed E-state index contributed by atoms with van der Waals surface area (Å²) in [4.78, 5) is 11.8. The molecule has 5 nitrogen and oxygen atoms in total. The molecule has 1 aromatic rings. The van der Waals surface area contributed by atoms with Crippen LogP contribution in [0.3, 0.4) is 0 Å². The average molecular weight is 301 g/mol. The Bertz CT molecular complexity index is 547. The Hall–Kier alpha value is -2.32. The van der Waals surface area contributed by atoms with Gasteiger partial charge >= 0.3 is 0 Å². The number of rotatable bonds is 9. The fraction of sp³-hybridized carbons (Fsp3) is 0.412. The van der Waals surface area contributed by atoms with E-state index < -0.39 is 0 Å². The van der Waals surface area contributed by atoms with Crippen molar-refractivity contribution in [2.45, 2.75) is 26.8 Å². The summed E-state index contributed by atoms with van der Waals surface area (Å²) in [5.41, 5.74) is 2.35. The Kier molecular flexibility index (Phi) is 8.39. The third-order valence-electron chi connectivity index (χ3n) is 2.96. The molecule has 1 aromatic carbocycles. The maximum atomic E-state index is 11.8. The first-order valence-electron chi connectivity index (χ1n) is 7.42. The van der Waals surface area contributed by atoms with Gasteiger partial charge in [-0.05, 0) is 25.8 Å². The van der Waals surface area contributed by atoms with Gasteiger partial charge in [0, 0.05) is 32.5 Å². The first-order valence-corrected chi connectivity index (χ1v) is 7.42. The highest BCUT2D eigenvalue weighted by Crippen LogP contribution is 2.03. The van der Waals surface area contributed by atoms with Gasteiger partial charge in [-0.25, -0.2) is 0 Å². The fourth-order valence-electron chi connectivity index (χ4n) is 1.86. The van der Waals surface area contributed by atoms with Crippen molar-refractivity contribution in [2.75, 3.05) is 19.8 Å². The van der Waals surface area contributed by atoms with E-state index >= 15 is 0 Å². The zero-order chi connectivity index (χ0) is 16.2. The molecule has 2 N–H and O–H groups in total. The van der Waals surface area contributed by atoms with E-state index in [0.29, 0.717) is 26.3 Å². The van der Waals surface area contributed by atoms with Crippen molar-refractivity contribution in [3.8, 4) is 6.07 Å². The first-order chi connectivity index (χ1) is 10.7. The second kappa shape index (κ2) is 10.4. The molecule has 0 saturated heterocycles. The summed E-state index contributed by atoms with van der Waals surface area (Å²) in [6.45, 7) is 6.29. The molecule has 0 fully saturated rings. The standard InChI is InChI=1S/C17H23N3O2/c1-3-22-9-5-8-20-17(21)16(11-18)13-19-12-15-7-4-6-14(2)10-15/h4,6-7,10,13,19H,3,5,8-9,12H2,1-2H3,(H,20,21)/b16-13-. The third kappa shape index (κ3) is 6.91. The summed E-state index contributed by atoms with van der Waals surface area (Å²) in [5, 5.41) is 14.7. The first kappa shape index (κ1) is 17.7. The van der Waals surface area contributed by atoms with Crippen LogP contribution >= 0.6 is 0 Å². The lowest BCUT2D eigenvalue weighted by Gasteiger charge is -2.06. The van der Waals surface area contributed by atoms with E-state index in [9.17, 15) is 4.79 Å². The third-order valence-corrected chi connectivity index (χ3v) is 2.96. The number of amides is 1. The van der Waals surface area contributed by atoms with Crippen molar-refractivity contribution in [1.82, 2.24) is 10.6 Å². The number of ether oxygens (including phenoxy) is 1. The Balaban J connectivity index is 2.39. The predicted molar refractivity (Wildman–Crippen MR) is 85.8 cm³/mol. The summed E-state index contributed by atoms with van der Waals surface area (Å²) >= 11 is 0. The van der Waals surface area contributed by atoms with Crippen LogP contribution in [-0.4, -0.2) is 25.7 Å². The van der Waals surface area contributed by atoms with Gasteiger partial charge in [0.1, 0.15) is 11.6 Å². The Labute approximate surface area is 132 Å². The van der Waals surface area contributed by atoms with Gasteiger partial charge in [-0.15, -0.1) is 0 Å². The molecule has 0 heterocycles. The zero-order valence-corrected chi connectivity index (χ0v) is 13.2. The van der Waals surface area contributed by atoms with Gasteiger partial charge in [0.2, 0.25) is 0 Å². The van der Waals surface area contributed by atoms with Crippen LogP contribution in [0.2, 0.25) is 0 Å². The molecular formula is C17H23N3O2. The van der Waals surface area contributed by atoms with Gasteiger partial charge in [0.25, 0.3) is 5.91 Å². The maximum Gasteiger partial charge on any atom is 0.263 e. The highest BCUT2D eigenvalue weighted by atomic mass is 16.5. The van der Waals surface area contributed by atoms with Crippen LogP contribution in [-0.2, 0) is 16.1 Å². The number of benzene rings is 1. The minimum atomic E-state index is -0.365. The minimum absolute atomic E-state index is 0.0732. The molecule has 0 unspecified atom stereocenters. The minimum Gasteiger partial charge on any atom is -0.386 e. The van der Waals surface area contributed by atoms with E-state index in [1.54, 1.807) is 0 Å². The number of nitrogens with zero attached hydrogens (tertiary/aromatic N) is 1.